The quantitative estimate of drug-likeness (QED) is 0.828. The largest absolute Gasteiger partial charge is 0.377 e. The third kappa shape index (κ3) is 3.84. The van der Waals surface area contributed by atoms with Gasteiger partial charge in [-0.1, -0.05) is 22.9 Å². The molecular formula is C12H19BrN2. The molecule has 15 heavy (non-hydrogen) atoms. The molecule has 0 fully saturated rings. The monoisotopic (exact) mass is 270 g/mol. The van der Waals surface area contributed by atoms with E-state index >= 15 is 0 Å². The number of nitrogens with zero attached hydrogens (tertiary/aromatic N) is 1. The van der Waals surface area contributed by atoms with E-state index in [1.165, 1.54) is 17.7 Å². The average molecular weight is 271 g/mol. The van der Waals surface area contributed by atoms with Gasteiger partial charge in [-0.3, -0.25) is 0 Å². The predicted molar refractivity (Wildman–Crippen MR) is 70.5 cm³/mol. The van der Waals surface area contributed by atoms with Crippen LogP contribution in [0.1, 0.15) is 18.9 Å². The van der Waals surface area contributed by atoms with E-state index in [1.54, 1.807) is 0 Å². The molecule has 0 aliphatic rings. The number of benzene rings is 1. The molecule has 1 rings (SSSR count). The van der Waals surface area contributed by atoms with Crippen LogP contribution in [0.25, 0.3) is 0 Å². The van der Waals surface area contributed by atoms with Crippen molar-refractivity contribution in [2.24, 2.45) is 0 Å². The molecule has 0 heterocycles. The summed E-state index contributed by atoms with van der Waals surface area (Å²) in [5.41, 5.74) is 2.62. The summed E-state index contributed by atoms with van der Waals surface area (Å²) >= 11 is 3.51. The Bertz CT molecular complexity index is 310. The van der Waals surface area contributed by atoms with Gasteiger partial charge in [-0.2, -0.15) is 0 Å². The van der Waals surface area contributed by atoms with E-state index < -0.39 is 0 Å². The fourth-order valence-corrected chi connectivity index (χ4v) is 1.94. The number of hydrogen-bond acceptors (Lipinski definition) is 2. The number of nitrogens with one attached hydrogen (secondary N) is 1. The van der Waals surface area contributed by atoms with E-state index in [0.717, 1.165) is 17.6 Å². The lowest BCUT2D eigenvalue weighted by molar-refractivity contribution is 0.675. The topological polar surface area (TPSA) is 15.3 Å². The van der Waals surface area contributed by atoms with Crippen molar-refractivity contribution in [2.75, 3.05) is 25.5 Å². The minimum Gasteiger partial charge on any atom is -0.377 e. The zero-order chi connectivity index (χ0) is 11.3. The Morgan fingerprint density at radius 1 is 1.33 bits per heavy atom. The molecule has 2 nitrogen and oxygen atoms in total. The Morgan fingerprint density at radius 3 is 2.67 bits per heavy atom. The minimum atomic E-state index is 0.931. The Morgan fingerprint density at radius 2 is 2.07 bits per heavy atom. The summed E-state index contributed by atoms with van der Waals surface area (Å²) in [7, 11) is 4.15. The van der Waals surface area contributed by atoms with Gasteiger partial charge in [0.1, 0.15) is 0 Å². The van der Waals surface area contributed by atoms with Gasteiger partial charge < -0.3 is 10.2 Å². The van der Waals surface area contributed by atoms with Crippen LogP contribution in [0.4, 0.5) is 5.69 Å². The highest BCUT2D eigenvalue weighted by Crippen LogP contribution is 2.22. The first kappa shape index (κ1) is 12.5. The zero-order valence-electron chi connectivity index (χ0n) is 9.68. The summed E-state index contributed by atoms with van der Waals surface area (Å²) in [5, 5.41) is 3.43. The molecule has 0 saturated carbocycles. The number of rotatable bonds is 5. The minimum absolute atomic E-state index is 0.931. The lowest BCUT2D eigenvalue weighted by atomic mass is 10.1. The highest BCUT2D eigenvalue weighted by atomic mass is 79.9. The first-order valence-electron chi connectivity index (χ1n) is 5.31. The van der Waals surface area contributed by atoms with Crippen molar-refractivity contribution in [2.45, 2.75) is 19.9 Å². The lowest BCUT2D eigenvalue weighted by Crippen LogP contribution is -2.18. The second-order valence-electron chi connectivity index (χ2n) is 3.84. The molecular weight excluding hydrogens is 252 g/mol. The van der Waals surface area contributed by atoms with Gasteiger partial charge in [-0.15, -0.1) is 0 Å². The fourth-order valence-electron chi connectivity index (χ4n) is 1.53. The van der Waals surface area contributed by atoms with E-state index in [4.69, 9.17) is 0 Å². The number of halogens is 1. The molecule has 0 atom stereocenters. The summed E-state index contributed by atoms with van der Waals surface area (Å²) in [4.78, 5) is 2.15. The van der Waals surface area contributed by atoms with E-state index in [1.807, 2.05) is 0 Å². The number of anilines is 1. The first-order valence-corrected chi connectivity index (χ1v) is 6.11. The Hall–Kier alpha value is -0.540. The SMILES string of the molecule is CCCNCc1cc(Br)ccc1N(C)C. The van der Waals surface area contributed by atoms with Crippen LogP contribution in [0.15, 0.2) is 22.7 Å². The van der Waals surface area contributed by atoms with Crippen LogP contribution in [0.5, 0.6) is 0 Å². The van der Waals surface area contributed by atoms with Gasteiger partial charge in [-0.25, -0.2) is 0 Å². The van der Waals surface area contributed by atoms with Crippen LogP contribution in [0.2, 0.25) is 0 Å². The molecule has 1 aromatic carbocycles. The van der Waals surface area contributed by atoms with Crippen molar-refractivity contribution < 1.29 is 0 Å². The van der Waals surface area contributed by atoms with E-state index in [9.17, 15) is 0 Å². The van der Waals surface area contributed by atoms with Gasteiger partial charge in [0, 0.05) is 30.8 Å². The molecule has 0 aromatic heterocycles. The second-order valence-corrected chi connectivity index (χ2v) is 4.76. The summed E-state index contributed by atoms with van der Waals surface area (Å²) in [6, 6.07) is 6.41. The van der Waals surface area contributed by atoms with Gasteiger partial charge in [0.25, 0.3) is 0 Å². The molecule has 0 amide bonds. The summed E-state index contributed by atoms with van der Waals surface area (Å²) in [6.45, 7) is 4.18. The van der Waals surface area contributed by atoms with Gasteiger partial charge in [0.05, 0.1) is 0 Å². The molecule has 0 saturated heterocycles. The molecule has 0 bridgehead atoms. The molecule has 0 aliphatic heterocycles. The van der Waals surface area contributed by atoms with Crippen molar-refractivity contribution in [3.63, 3.8) is 0 Å². The van der Waals surface area contributed by atoms with Crippen LogP contribution in [0.3, 0.4) is 0 Å². The summed E-state index contributed by atoms with van der Waals surface area (Å²) in [5.74, 6) is 0. The van der Waals surface area contributed by atoms with E-state index in [0.29, 0.717) is 0 Å². The van der Waals surface area contributed by atoms with Crippen molar-refractivity contribution in [3.05, 3.63) is 28.2 Å². The molecule has 0 radical (unpaired) electrons. The second kappa shape index (κ2) is 6.13. The molecule has 0 aliphatic carbocycles. The van der Waals surface area contributed by atoms with Gasteiger partial charge >= 0.3 is 0 Å². The van der Waals surface area contributed by atoms with Crippen LogP contribution in [-0.4, -0.2) is 20.6 Å². The third-order valence-corrected chi connectivity index (χ3v) is 2.76. The normalized spacial score (nSPS) is 10.4. The molecule has 84 valence electrons. The lowest BCUT2D eigenvalue weighted by Gasteiger charge is -2.18. The van der Waals surface area contributed by atoms with E-state index in [2.05, 4.69) is 65.4 Å². The van der Waals surface area contributed by atoms with E-state index in [-0.39, 0.29) is 0 Å². The number of hydrogen-bond donors (Lipinski definition) is 1. The highest BCUT2D eigenvalue weighted by molar-refractivity contribution is 9.10. The van der Waals surface area contributed by atoms with Gasteiger partial charge in [-0.05, 0) is 36.7 Å². The fraction of sp³-hybridized carbons (Fsp3) is 0.500. The van der Waals surface area contributed by atoms with Crippen molar-refractivity contribution in [3.8, 4) is 0 Å². The van der Waals surface area contributed by atoms with Gasteiger partial charge in [0.2, 0.25) is 0 Å². The maximum absolute atomic E-state index is 3.51. The Kier molecular flexibility index (Phi) is 5.12. The maximum Gasteiger partial charge on any atom is 0.0407 e. The molecule has 1 N–H and O–H groups in total. The molecule has 0 unspecified atom stereocenters. The Labute approximate surface area is 101 Å². The predicted octanol–water partition coefficient (Wildman–Crippen LogP) is 3.01. The van der Waals surface area contributed by atoms with Crippen LogP contribution in [-0.2, 0) is 6.54 Å². The maximum atomic E-state index is 3.51. The first-order chi connectivity index (χ1) is 7.15. The van der Waals surface area contributed by atoms with Crippen LogP contribution < -0.4 is 10.2 Å². The van der Waals surface area contributed by atoms with Gasteiger partial charge in [0.15, 0.2) is 0 Å². The standard InChI is InChI=1S/C12H19BrN2/c1-4-7-14-9-10-8-11(13)5-6-12(10)15(2)3/h5-6,8,14H,4,7,9H2,1-3H3. The zero-order valence-corrected chi connectivity index (χ0v) is 11.3. The van der Waals surface area contributed by atoms with Crippen LogP contribution >= 0.6 is 15.9 Å². The van der Waals surface area contributed by atoms with Crippen molar-refractivity contribution in [1.82, 2.24) is 5.32 Å². The Balaban J connectivity index is 2.77. The molecule has 0 spiro atoms. The summed E-state index contributed by atoms with van der Waals surface area (Å²) in [6.07, 6.45) is 1.17. The highest BCUT2D eigenvalue weighted by Gasteiger charge is 2.04. The smallest absolute Gasteiger partial charge is 0.0407 e. The third-order valence-electron chi connectivity index (χ3n) is 2.27. The van der Waals surface area contributed by atoms with Crippen molar-refractivity contribution >= 4 is 21.6 Å². The summed E-state index contributed by atoms with van der Waals surface area (Å²) < 4.78 is 1.14. The molecule has 3 heteroatoms. The molecule has 1 aromatic rings. The van der Waals surface area contributed by atoms with Crippen LogP contribution in [0, 0.1) is 0 Å². The van der Waals surface area contributed by atoms with Crippen molar-refractivity contribution in [1.29, 1.82) is 0 Å². The average Bonchev–Trinajstić information content (AvgIpc) is 2.18.